The number of aromatic nitrogens is 4. The van der Waals surface area contributed by atoms with Gasteiger partial charge in [0.2, 0.25) is 5.89 Å². The molecule has 2 aromatic heterocycles. The molecule has 1 fully saturated rings. The average Bonchev–Trinajstić information content (AvgIpc) is 3.14. The van der Waals surface area contributed by atoms with E-state index < -0.39 is 0 Å². The molecular formula is C16H25N5O2. The molecule has 0 aromatic carbocycles. The van der Waals surface area contributed by atoms with Crippen molar-refractivity contribution in [3.63, 3.8) is 0 Å². The topological polar surface area (TPSA) is 91.1 Å². The van der Waals surface area contributed by atoms with Crippen LogP contribution in [0.3, 0.4) is 0 Å². The number of hydrogen-bond acceptors (Lipinski definition) is 6. The summed E-state index contributed by atoms with van der Waals surface area (Å²) in [5, 5.41) is 21.5. The van der Waals surface area contributed by atoms with Crippen molar-refractivity contribution in [1.29, 1.82) is 0 Å². The molecule has 1 aliphatic rings. The van der Waals surface area contributed by atoms with Gasteiger partial charge in [-0.05, 0) is 25.3 Å². The second-order valence-electron chi connectivity index (χ2n) is 6.97. The number of aliphatic hydroxyl groups excluding tert-OH is 1. The van der Waals surface area contributed by atoms with Crippen LogP contribution in [0.15, 0.2) is 10.6 Å². The summed E-state index contributed by atoms with van der Waals surface area (Å²) >= 11 is 0. The van der Waals surface area contributed by atoms with Gasteiger partial charge in [0.15, 0.2) is 5.82 Å². The molecule has 126 valence electrons. The molecular weight excluding hydrogens is 294 g/mol. The molecule has 7 heteroatoms. The van der Waals surface area contributed by atoms with Crippen LogP contribution in [0.1, 0.15) is 37.0 Å². The number of nitrogens with one attached hydrogen (secondary N) is 1. The number of aliphatic hydroxyl groups is 1. The van der Waals surface area contributed by atoms with Crippen molar-refractivity contribution in [2.75, 3.05) is 13.1 Å². The number of aromatic amines is 1. The first-order valence-corrected chi connectivity index (χ1v) is 8.22. The van der Waals surface area contributed by atoms with Crippen molar-refractivity contribution < 1.29 is 9.63 Å². The second kappa shape index (κ2) is 6.80. The molecule has 2 atom stereocenters. The van der Waals surface area contributed by atoms with Crippen LogP contribution in [0.4, 0.5) is 0 Å². The van der Waals surface area contributed by atoms with E-state index in [2.05, 4.69) is 39.1 Å². The molecule has 1 saturated heterocycles. The van der Waals surface area contributed by atoms with E-state index in [1.165, 1.54) is 0 Å². The van der Waals surface area contributed by atoms with E-state index in [1.807, 2.05) is 13.0 Å². The van der Waals surface area contributed by atoms with E-state index in [1.54, 1.807) is 0 Å². The third-order valence-corrected chi connectivity index (χ3v) is 4.17. The molecule has 1 aliphatic heterocycles. The predicted octanol–water partition coefficient (Wildman–Crippen LogP) is 1.34. The first-order chi connectivity index (χ1) is 11.0. The van der Waals surface area contributed by atoms with Gasteiger partial charge < -0.3 is 9.63 Å². The summed E-state index contributed by atoms with van der Waals surface area (Å²) in [5.41, 5.74) is 2.06. The van der Waals surface area contributed by atoms with Crippen molar-refractivity contribution in [1.82, 2.24) is 25.2 Å². The molecule has 0 radical (unpaired) electrons. The van der Waals surface area contributed by atoms with Crippen LogP contribution < -0.4 is 0 Å². The summed E-state index contributed by atoms with van der Waals surface area (Å²) in [4.78, 5) is 6.61. The predicted molar refractivity (Wildman–Crippen MR) is 84.6 cm³/mol. The first kappa shape index (κ1) is 16.1. The van der Waals surface area contributed by atoms with E-state index >= 15 is 0 Å². The lowest BCUT2D eigenvalue weighted by Gasteiger charge is -2.12. The Bertz CT molecular complexity index is 636. The van der Waals surface area contributed by atoms with E-state index in [-0.39, 0.29) is 12.0 Å². The fourth-order valence-corrected chi connectivity index (χ4v) is 3.11. The Hall–Kier alpha value is -1.73. The van der Waals surface area contributed by atoms with Crippen molar-refractivity contribution in [2.45, 2.75) is 46.3 Å². The van der Waals surface area contributed by atoms with Gasteiger partial charge in [0.1, 0.15) is 0 Å². The number of H-pyrrole nitrogens is 1. The van der Waals surface area contributed by atoms with Gasteiger partial charge >= 0.3 is 0 Å². The quantitative estimate of drug-likeness (QED) is 0.835. The molecule has 2 aromatic rings. The van der Waals surface area contributed by atoms with E-state index in [9.17, 15) is 5.11 Å². The van der Waals surface area contributed by atoms with Crippen LogP contribution in [0, 0.1) is 18.8 Å². The molecule has 0 unspecified atom stereocenters. The number of likely N-dealkylation sites (tertiary alicyclic amines) is 1. The lowest BCUT2D eigenvalue weighted by molar-refractivity contribution is 0.140. The first-order valence-electron chi connectivity index (χ1n) is 8.22. The zero-order chi connectivity index (χ0) is 16.4. The fourth-order valence-electron chi connectivity index (χ4n) is 3.11. The van der Waals surface area contributed by atoms with Gasteiger partial charge in [0.05, 0.1) is 18.3 Å². The summed E-state index contributed by atoms with van der Waals surface area (Å²) in [5.74, 6) is 2.08. The minimum absolute atomic E-state index is 0.194. The van der Waals surface area contributed by atoms with E-state index in [0.717, 1.165) is 30.8 Å². The van der Waals surface area contributed by atoms with Crippen molar-refractivity contribution in [2.24, 2.45) is 11.8 Å². The SMILES string of the molecule is Cc1cc(C[C@@H]2CN(Cc3noc(CC(C)C)n3)C[C@H]2O)n[nH]1. The Morgan fingerprint density at radius 1 is 1.43 bits per heavy atom. The Morgan fingerprint density at radius 3 is 2.96 bits per heavy atom. The minimum Gasteiger partial charge on any atom is -0.391 e. The van der Waals surface area contributed by atoms with Crippen molar-refractivity contribution in [3.8, 4) is 0 Å². The molecule has 23 heavy (non-hydrogen) atoms. The highest BCUT2D eigenvalue weighted by atomic mass is 16.5. The highest BCUT2D eigenvalue weighted by Crippen LogP contribution is 2.22. The smallest absolute Gasteiger partial charge is 0.226 e. The Balaban J connectivity index is 1.54. The maximum Gasteiger partial charge on any atom is 0.226 e. The van der Waals surface area contributed by atoms with Crippen LogP contribution >= 0.6 is 0 Å². The van der Waals surface area contributed by atoms with E-state index in [0.29, 0.717) is 30.7 Å². The van der Waals surface area contributed by atoms with Crippen LogP contribution in [0.5, 0.6) is 0 Å². The van der Waals surface area contributed by atoms with Crippen LogP contribution in [-0.2, 0) is 19.4 Å². The molecule has 7 nitrogen and oxygen atoms in total. The zero-order valence-corrected chi connectivity index (χ0v) is 14.0. The third-order valence-electron chi connectivity index (χ3n) is 4.17. The maximum absolute atomic E-state index is 10.3. The van der Waals surface area contributed by atoms with Gasteiger partial charge in [-0.1, -0.05) is 19.0 Å². The highest BCUT2D eigenvalue weighted by Gasteiger charge is 2.32. The Kier molecular flexibility index (Phi) is 4.77. The number of hydrogen-bond donors (Lipinski definition) is 2. The van der Waals surface area contributed by atoms with Crippen molar-refractivity contribution >= 4 is 0 Å². The molecule has 0 bridgehead atoms. The number of nitrogens with zero attached hydrogens (tertiary/aromatic N) is 4. The molecule has 3 rings (SSSR count). The molecule has 2 N–H and O–H groups in total. The summed E-state index contributed by atoms with van der Waals surface area (Å²) in [6.07, 6.45) is 1.25. The van der Waals surface area contributed by atoms with Gasteiger partial charge in [-0.15, -0.1) is 0 Å². The monoisotopic (exact) mass is 319 g/mol. The molecule has 3 heterocycles. The lowest BCUT2D eigenvalue weighted by Crippen LogP contribution is -2.22. The van der Waals surface area contributed by atoms with Crippen LogP contribution in [-0.4, -0.2) is 49.5 Å². The summed E-state index contributed by atoms with van der Waals surface area (Å²) in [7, 11) is 0. The molecule has 0 aliphatic carbocycles. The number of β-amino-alcohol motifs (C(OH)–C–C–N with tert-alkyl or cyclic N) is 1. The van der Waals surface area contributed by atoms with Crippen LogP contribution in [0.25, 0.3) is 0 Å². The maximum atomic E-state index is 10.3. The average molecular weight is 319 g/mol. The van der Waals surface area contributed by atoms with Crippen LogP contribution in [0.2, 0.25) is 0 Å². The summed E-state index contributed by atoms with van der Waals surface area (Å²) in [6.45, 7) is 8.32. The van der Waals surface area contributed by atoms with Gasteiger partial charge in [0, 0.05) is 31.1 Å². The lowest BCUT2D eigenvalue weighted by atomic mass is 10.0. The Labute approximate surface area is 136 Å². The highest BCUT2D eigenvalue weighted by molar-refractivity contribution is 5.08. The standard InChI is InChI=1S/C16H25N5O2/c1-10(2)4-16-17-15(20-23-16)9-21-7-12(14(22)8-21)6-13-5-11(3)18-19-13/h5,10,12,14,22H,4,6-9H2,1-3H3,(H,18,19)/t12-,14-/m1/s1. The van der Waals surface area contributed by atoms with Gasteiger partial charge in [-0.2, -0.15) is 10.1 Å². The molecule has 0 spiro atoms. The largest absolute Gasteiger partial charge is 0.391 e. The van der Waals surface area contributed by atoms with E-state index in [4.69, 9.17) is 4.52 Å². The normalized spacial score (nSPS) is 22.3. The fraction of sp³-hybridized carbons (Fsp3) is 0.688. The van der Waals surface area contributed by atoms with Gasteiger partial charge in [-0.3, -0.25) is 10.00 Å². The number of aryl methyl sites for hydroxylation is 1. The molecule has 0 saturated carbocycles. The Morgan fingerprint density at radius 2 is 2.26 bits per heavy atom. The number of rotatable bonds is 6. The molecule has 0 amide bonds. The second-order valence-corrected chi connectivity index (χ2v) is 6.97. The minimum atomic E-state index is -0.339. The van der Waals surface area contributed by atoms with Crippen molar-refractivity contribution in [3.05, 3.63) is 29.2 Å². The van der Waals surface area contributed by atoms with Gasteiger partial charge in [-0.25, -0.2) is 0 Å². The zero-order valence-electron chi connectivity index (χ0n) is 14.0. The summed E-state index contributed by atoms with van der Waals surface area (Å²) in [6, 6.07) is 2.03. The third kappa shape index (κ3) is 4.17. The van der Waals surface area contributed by atoms with Gasteiger partial charge in [0.25, 0.3) is 0 Å². The summed E-state index contributed by atoms with van der Waals surface area (Å²) < 4.78 is 5.27.